The highest BCUT2D eigenvalue weighted by Crippen LogP contribution is 2.22. The summed E-state index contributed by atoms with van der Waals surface area (Å²) in [5.74, 6) is 0.437. The van der Waals surface area contributed by atoms with Crippen LogP contribution < -0.4 is 11.1 Å². The van der Waals surface area contributed by atoms with E-state index in [4.69, 9.17) is 10.2 Å². The topological polar surface area (TPSA) is 64.1 Å². The second-order valence-electron chi connectivity index (χ2n) is 2.85. The van der Waals surface area contributed by atoms with Crippen LogP contribution in [0.5, 0.6) is 0 Å². The molecule has 0 unspecified atom stereocenters. The van der Waals surface area contributed by atoms with Crippen LogP contribution in [0.3, 0.4) is 0 Å². The van der Waals surface area contributed by atoms with E-state index in [2.05, 4.69) is 10.3 Å². The molecule has 1 fully saturated rings. The van der Waals surface area contributed by atoms with Crippen molar-refractivity contribution in [1.82, 2.24) is 4.98 Å². The highest BCUT2D eigenvalue weighted by molar-refractivity contribution is 5.33. The molecule has 0 amide bonds. The van der Waals surface area contributed by atoms with Crippen molar-refractivity contribution < 1.29 is 4.42 Å². The van der Waals surface area contributed by atoms with Gasteiger partial charge < -0.3 is 15.5 Å². The molecule has 1 saturated carbocycles. The van der Waals surface area contributed by atoms with E-state index >= 15 is 0 Å². The summed E-state index contributed by atoms with van der Waals surface area (Å²) in [5, 5.41) is 3.14. The molecular formula is C7H11N3O. The predicted molar refractivity (Wildman–Crippen MR) is 42.2 cm³/mol. The molecule has 3 N–H and O–H groups in total. The van der Waals surface area contributed by atoms with E-state index in [9.17, 15) is 0 Å². The molecule has 60 valence electrons. The Labute approximate surface area is 64.8 Å². The molecule has 0 saturated heterocycles. The largest absolute Gasteiger partial charge is 0.430 e. The Balaban J connectivity index is 1.95. The number of nitrogens with two attached hydrogens (primary N) is 1. The van der Waals surface area contributed by atoms with Crippen LogP contribution in [0.25, 0.3) is 0 Å². The van der Waals surface area contributed by atoms with Gasteiger partial charge in [0.25, 0.3) is 6.01 Å². The van der Waals surface area contributed by atoms with E-state index in [1.165, 1.54) is 25.5 Å². The monoisotopic (exact) mass is 153 g/mol. The quantitative estimate of drug-likeness (QED) is 0.670. The van der Waals surface area contributed by atoms with Gasteiger partial charge in [-0.05, 0) is 19.3 Å². The lowest BCUT2D eigenvalue weighted by molar-refractivity contribution is 0.429. The molecule has 1 aromatic rings. The molecule has 1 aromatic heterocycles. The Morgan fingerprint density at radius 2 is 2.45 bits per heavy atom. The van der Waals surface area contributed by atoms with Crippen molar-refractivity contribution in [2.24, 2.45) is 0 Å². The van der Waals surface area contributed by atoms with E-state index in [0.29, 0.717) is 17.9 Å². The second-order valence-corrected chi connectivity index (χ2v) is 2.85. The number of nitrogens with zero attached hydrogens (tertiary/aromatic N) is 1. The molecule has 0 radical (unpaired) electrons. The minimum atomic E-state index is 0.437. The van der Waals surface area contributed by atoms with Gasteiger partial charge >= 0.3 is 0 Å². The Bertz CT molecular complexity index is 242. The first kappa shape index (κ1) is 6.52. The highest BCUT2D eigenvalue weighted by atomic mass is 16.4. The second kappa shape index (κ2) is 2.45. The number of anilines is 2. The number of rotatable bonds is 2. The summed E-state index contributed by atoms with van der Waals surface area (Å²) >= 11 is 0. The number of nitrogen functional groups attached to an aromatic ring is 1. The fraction of sp³-hybridized carbons (Fsp3) is 0.571. The summed E-state index contributed by atoms with van der Waals surface area (Å²) in [4.78, 5) is 3.93. The van der Waals surface area contributed by atoms with Crippen molar-refractivity contribution in [3.05, 3.63) is 6.26 Å². The molecule has 1 aliphatic rings. The maximum atomic E-state index is 5.37. The van der Waals surface area contributed by atoms with Gasteiger partial charge in [-0.25, -0.2) is 0 Å². The smallest absolute Gasteiger partial charge is 0.296 e. The van der Waals surface area contributed by atoms with Crippen LogP contribution in [-0.2, 0) is 0 Å². The number of hydrogen-bond donors (Lipinski definition) is 2. The van der Waals surface area contributed by atoms with Crippen LogP contribution in [0.1, 0.15) is 19.3 Å². The first-order valence-electron chi connectivity index (χ1n) is 3.82. The van der Waals surface area contributed by atoms with Crippen LogP contribution in [0, 0.1) is 0 Å². The SMILES string of the molecule is Nc1coc(NC2CCC2)n1. The number of aromatic nitrogens is 1. The van der Waals surface area contributed by atoms with Gasteiger partial charge in [-0.15, -0.1) is 0 Å². The summed E-state index contributed by atoms with van der Waals surface area (Å²) < 4.78 is 5.02. The third-order valence-electron chi connectivity index (χ3n) is 1.95. The van der Waals surface area contributed by atoms with E-state index in [1.54, 1.807) is 0 Å². The molecular weight excluding hydrogens is 142 g/mol. The fourth-order valence-electron chi connectivity index (χ4n) is 1.08. The molecule has 1 heterocycles. The average molecular weight is 153 g/mol. The van der Waals surface area contributed by atoms with Crippen molar-refractivity contribution in [2.45, 2.75) is 25.3 Å². The summed E-state index contributed by atoms with van der Waals surface area (Å²) in [7, 11) is 0. The van der Waals surface area contributed by atoms with Gasteiger partial charge in [0.1, 0.15) is 6.26 Å². The lowest BCUT2D eigenvalue weighted by Crippen LogP contribution is -2.27. The van der Waals surface area contributed by atoms with E-state index < -0.39 is 0 Å². The van der Waals surface area contributed by atoms with Gasteiger partial charge in [-0.1, -0.05) is 0 Å². The lowest BCUT2D eigenvalue weighted by Gasteiger charge is -2.25. The van der Waals surface area contributed by atoms with Crippen molar-refractivity contribution in [1.29, 1.82) is 0 Å². The van der Waals surface area contributed by atoms with Gasteiger partial charge in [-0.2, -0.15) is 4.98 Å². The van der Waals surface area contributed by atoms with Crippen LogP contribution >= 0.6 is 0 Å². The zero-order valence-electron chi connectivity index (χ0n) is 6.21. The van der Waals surface area contributed by atoms with Gasteiger partial charge in [-0.3, -0.25) is 0 Å². The maximum Gasteiger partial charge on any atom is 0.296 e. The van der Waals surface area contributed by atoms with Crippen LogP contribution in [0.2, 0.25) is 0 Å². The number of oxazole rings is 1. The fourth-order valence-corrected chi connectivity index (χ4v) is 1.08. The van der Waals surface area contributed by atoms with Crippen LogP contribution in [-0.4, -0.2) is 11.0 Å². The summed E-state index contributed by atoms with van der Waals surface area (Å²) in [6.45, 7) is 0. The Morgan fingerprint density at radius 3 is 2.91 bits per heavy atom. The van der Waals surface area contributed by atoms with E-state index in [-0.39, 0.29) is 0 Å². The first-order valence-corrected chi connectivity index (χ1v) is 3.82. The molecule has 0 bridgehead atoms. The van der Waals surface area contributed by atoms with Gasteiger partial charge in [0, 0.05) is 6.04 Å². The molecule has 1 aliphatic carbocycles. The molecule has 0 atom stereocenters. The summed E-state index contributed by atoms with van der Waals surface area (Å²) in [6.07, 6.45) is 5.17. The molecule has 4 nitrogen and oxygen atoms in total. The number of hydrogen-bond acceptors (Lipinski definition) is 4. The van der Waals surface area contributed by atoms with Crippen molar-refractivity contribution >= 4 is 11.8 Å². The van der Waals surface area contributed by atoms with Crippen molar-refractivity contribution in [3.8, 4) is 0 Å². The van der Waals surface area contributed by atoms with Gasteiger partial charge in [0.15, 0.2) is 5.82 Å². The highest BCUT2D eigenvalue weighted by Gasteiger charge is 2.18. The number of nitrogens with one attached hydrogen (secondary N) is 1. The normalized spacial score (nSPS) is 17.8. The molecule has 0 aliphatic heterocycles. The van der Waals surface area contributed by atoms with Gasteiger partial charge in [0.2, 0.25) is 0 Å². The van der Waals surface area contributed by atoms with Crippen molar-refractivity contribution in [3.63, 3.8) is 0 Å². The molecule has 0 spiro atoms. The minimum Gasteiger partial charge on any atom is -0.430 e. The Morgan fingerprint density at radius 1 is 1.64 bits per heavy atom. The van der Waals surface area contributed by atoms with Gasteiger partial charge in [0.05, 0.1) is 0 Å². The standard InChI is InChI=1S/C7H11N3O/c8-6-4-11-7(10-6)9-5-2-1-3-5/h4-5H,1-3,8H2,(H,9,10). The minimum absolute atomic E-state index is 0.437. The zero-order chi connectivity index (χ0) is 7.68. The van der Waals surface area contributed by atoms with Crippen LogP contribution in [0.15, 0.2) is 10.7 Å². The zero-order valence-corrected chi connectivity index (χ0v) is 6.21. The summed E-state index contributed by atoms with van der Waals surface area (Å²) in [6, 6.07) is 1.10. The average Bonchev–Trinajstić information content (AvgIpc) is 2.27. The third kappa shape index (κ3) is 1.29. The first-order chi connectivity index (χ1) is 5.34. The molecule has 4 heteroatoms. The van der Waals surface area contributed by atoms with E-state index in [1.807, 2.05) is 0 Å². The maximum absolute atomic E-state index is 5.37. The molecule has 0 aromatic carbocycles. The molecule has 11 heavy (non-hydrogen) atoms. The summed E-state index contributed by atoms with van der Waals surface area (Å²) in [5.41, 5.74) is 5.37. The molecule has 2 rings (SSSR count). The predicted octanol–water partition coefficient (Wildman–Crippen LogP) is 1.22. The Hall–Kier alpha value is -1.19. The lowest BCUT2D eigenvalue weighted by atomic mass is 9.93. The van der Waals surface area contributed by atoms with E-state index in [0.717, 1.165) is 0 Å². The Kier molecular flexibility index (Phi) is 1.45. The van der Waals surface area contributed by atoms with Crippen LogP contribution in [0.4, 0.5) is 11.8 Å². The van der Waals surface area contributed by atoms with Crippen molar-refractivity contribution in [2.75, 3.05) is 11.1 Å². The third-order valence-corrected chi connectivity index (χ3v) is 1.95.